The number of primary amides is 1. The van der Waals surface area contributed by atoms with E-state index in [0.29, 0.717) is 16.9 Å². The van der Waals surface area contributed by atoms with Crippen molar-refractivity contribution in [1.29, 1.82) is 0 Å². The standard InChI is InChI=1S/C14H11N5O3/c15-14(21)22-10-3-4-12(17-7-10)19-13(20)11(8-18-19)9-2-1-5-16-6-9/h1-8,18H,(H2,15,21). The van der Waals surface area contributed by atoms with E-state index in [4.69, 9.17) is 5.73 Å². The molecule has 22 heavy (non-hydrogen) atoms. The van der Waals surface area contributed by atoms with Crippen molar-refractivity contribution in [3.8, 4) is 22.7 Å². The first-order valence-corrected chi connectivity index (χ1v) is 6.29. The number of nitrogens with one attached hydrogen (secondary N) is 1. The molecule has 3 rings (SSSR count). The Morgan fingerprint density at radius 2 is 2.14 bits per heavy atom. The first kappa shape index (κ1) is 13.6. The number of hydrogen-bond acceptors (Lipinski definition) is 5. The largest absolute Gasteiger partial charge is 0.410 e. The molecular weight excluding hydrogens is 286 g/mol. The van der Waals surface area contributed by atoms with Gasteiger partial charge < -0.3 is 10.5 Å². The van der Waals surface area contributed by atoms with Crippen molar-refractivity contribution < 1.29 is 9.53 Å². The molecule has 0 spiro atoms. The predicted octanol–water partition coefficient (Wildman–Crippen LogP) is 1.08. The average Bonchev–Trinajstić information content (AvgIpc) is 2.90. The molecule has 0 aliphatic rings. The zero-order valence-corrected chi connectivity index (χ0v) is 11.3. The number of H-pyrrole nitrogens is 1. The minimum Gasteiger partial charge on any atom is -0.409 e. The zero-order chi connectivity index (χ0) is 15.5. The van der Waals surface area contributed by atoms with E-state index in [1.54, 1.807) is 30.7 Å². The predicted molar refractivity (Wildman–Crippen MR) is 77.6 cm³/mol. The van der Waals surface area contributed by atoms with E-state index in [1.807, 2.05) is 0 Å². The fraction of sp³-hybridized carbons (Fsp3) is 0. The third-order valence-electron chi connectivity index (χ3n) is 2.91. The molecule has 0 aliphatic heterocycles. The Kier molecular flexibility index (Phi) is 3.40. The van der Waals surface area contributed by atoms with E-state index in [-0.39, 0.29) is 11.3 Å². The van der Waals surface area contributed by atoms with Crippen LogP contribution in [0.3, 0.4) is 0 Å². The molecule has 3 aromatic rings. The number of aromatic amines is 1. The van der Waals surface area contributed by atoms with Crippen molar-refractivity contribution >= 4 is 6.09 Å². The van der Waals surface area contributed by atoms with Crippen molar-refractivity contribution in [2.75, 3.05) is 0 Å². The van der Waals surface area contributed by atoms with Crippen molar-refractivity contribution in [1.82, 2.24) is 19.7 Å². The van der Waals surface area contributed by atoms with Crippen LogP contribution in [0.1, 0.15) is 0 Å². The smallest absolute Gasteiger partial charge is 0.409 e. The Balaban J connectivity index is 1.95. The van der Waals surface area contributed by atoms with Crippen LogP contribution < -0.4 is 16.0 Å². The Labute approximate surface area is 124 Å². The van der Waals surface area contributed by atoms with Crippen LogP contribution in [-0.4, -0.2) is 25.8 Å². The number of nitrogens with two attached hydrogens (primary N) is 1. The summed E-state index contributed by atoms with van der Waals surface area (Å²) in [5.41, 5.74) is 5.83. The van der Waals surface area contributed by atoms with E-state index in [9.17, 15) is 9.59 Å². The third kappa shape index (κ3) is 2.57. The van der Waals surface area contributed by atoms with Gasteiger partial charge in [0.1, 0.15) is 0 Å². The van der Waals surface area contributed by atoms with Crippen LogP contribution in [0.5, 0.6) is 5.75 Å². The lowest BCUT2D eigenvalue weighted by molar-refractivity contribution is 0.210. The Hall–Kier alpha value is -3.42. The maximum atomic E-state index is 12.4. The fourth-order valence-electron chi connectivity index (χ4n) is 1.95. The second-order valence-electron chi connectivity index (χ2n) is 4.34. The molecule has 0 fully saturated rings. The van der Waals surface area contributed by atoms with Gasteiger partial charge in [0.2, 0.25) is 0 Å². The summed E-state index contributed by atoms with van der Waals surface area (Å²) < 4.78 is 5.95. The lowest BCUT2D eigenvalue weighted by Crippen LogP contribution is -2.18. The second-order valence-corrected chi connectivity index (χ2v) is 4.34. The fourth-order valence-corrected chi connectivity index (χ4v) is 1.95. The molecule has 0 aromatic carbocycles. The summed E-state index contributed by atoms with van der Waals surface area (Å²) in [4.78, 5) is 31.1. The van der Waals surface area contributed by atoms with E-state index in [1.165, 1.54) is 23.0 Å². The molecule has 0 radical (unpaired) electrons. The van der Waals surface area contributed by atoms with Gasteiger partial charge in [-0.25, -0.2) is 14.5 Å². The highest BCUT2D eigenvalue weighted by molar-refractivity contribution is 5.67. The Morgan fingerprint density at radius 1 is 1.27 bits per heavy atom. The van der Waals surface area contributed by atoms with Crippen LogP contribution in [0.15, 0.2) is 53.8 Å². The molecular formula is C14H11N5O3. The molecule has 0 saturated carbocycles. The topological polar surface area (TPSA) is 116 Å². The quantitative estimate of drug-likeness (QED) is 0.750. The van der Waals surface area contributed by atoms with E-state index in [0.717, 1.165) is 0 Å². The first-order chi connectivity index (χ1) is 10.6. The SMILES string of the molecule is NC(=O)Oc1ccc(-n2[nH]cc(-c3cccnc3)c2=O)nc1. The lowest BCUT2D eigenvalue weighted by Gasteiger charge is -2.02. The number of nitrogens with zero attached hydrogens (tertiary/aromatic N) is 3. The molecule has 0 aliphatic carbocycles. The number of rotatable bonds is 3. The van der Waals surface area contributed by atoms with Crippen molar-refractivity contribution in [3.05, 3.63) is 59.4 Å². The third-order valence-corrected chi connectivity index (χ3v) is 2.91. The van der Waals surface area contributed by atoms with Crippen molar-refractivity contribution in [2.24, 2.45) is 5.73 Å². The number of hydrogen-bond donors (Lipinski definition) is 2. The van der Waals surface area contributed by atoms with Gasteiger partial charge in [-0.05, 0) is 18.2 Å². The van der Waals surface area contributed by atoms with Gasteiger partial charge in [0.05, 0.1) is 11.8 Å². The molecule has 3 N–H and O–H groups in total. The summed E-state index contributed by atoms with van der Waals surface area (Å²) in [6.07, 6.45) is 5.19. The molecule has 1 amide bonds. The molecule has 8 heteroatoms. The highest BCUT2D eigenvalue weighted by Crippen LogP contribution is 2.15. The van der Waals surface area contributed by atoms with Gasteiger partial charge in [-0.15, -0.1) is 0 Å². The van der Waals surface area contributed by atoms with E-state index in [2.05, 4.69) is 19.8 Å². The highest BCUT2D eigenvalue weighted by Gasteiger charge is 2.11. The van der Waals surface area contributed by atoms with Crippen molar-refractivity contribution in [2.45, 2.75) is 0 Å². The molecule has 0 bridgehead atoms. The maximum Gasteiger partial charge on any atom is 0.410 e. The lowest BCUT2D eigenvalue weighted by atomic mass is 10.2. The van der Waals surface area contributed by atoms with Crippen molar-refractivity contribution in [3.63, 3.8) is 0 Å². The summed E-state index contributed by atoms with van der Waals surface area (Å²) >= 11 is 0. The van der Waals surface area contributed by atoms with Gasteiger partial charge in [0.25, 0.3) is 5.56 Å². The van der Waals surface area contributed by atoms with Gasteiger partial charge in [-0.2, -0.15) is 0 Å². The van der Waals surface area contributed by atoms with Gasteiger partial charge in [-0.1, -0.05) is 6.07 Å². The molecule has 8 nitrogen and oxygen atoms in total. The summed E-state index contributed by atoms with van der Waals surface area (Å²) in [7, 11) is 0. The monoisotopic (exact) mass is 297 g/mol. The molecule has 0 unspecified atom stereocenters. The number of pyridine rings is 2. The Morgan fingerprint density at radius 3 is 2.77 bits per heavy atom. The Bertz CT molecular complexity index is 852. The van der Waals surface area contributed by atoms with E-state index >= 15 is 0 Å². The van der Waals surface area contributed by atoms with Crippen LogP contribution >= 0.6 is 0 Å². The number of carbonyl (C=O) groups is 1. The summed E-state index contributed by atoms with van der Waals surface area (Å²) in [5, 5.41) is 2.83. The average molecular weight is 297 g/mol. The number of ether oxygens (including phenoxy) is 1. The molecule has 3 heterocycles. The maximum absolute atomic E-state index is 12.4. The summed E-state index contributed by atoms with van der Waals surface area (Å²) in [6.45, 7) is 0. The van der Waals surface area contributed by atoms with Gasteiger partial charge in [0, 0.05) is 24.2 Å². The molecule has 110 valence electrons. The second kappa shape index (κ2) is 5.52. The molecule has 0 saturated heterocycles. The number of aromatic nitrogens is 4. The van der Waals surface area contributed by atoms with Gasteiger partial charge in [0.15, 0.2) is 11.6 Å². The van der Waals surface area contributed by atoms with Crippen LogP contribution in [0.2, 0.25) is 0 Å². The molecule has 0 atom stereocenters. The first-order valence-electron chi connectivity index (χ1n) is 6.29. The summed E-state index contributed by atoms with van der Waals surface area (Å²) in [6, 6.07) is 6.56. The van der Waals surface area contributed by atoms with Crippen LogP contribution in [-0.2, 0) is 0 Å². The minimum absolute atomic E-state index is 0.198. The van der Waals surface area contributed by atoms with Gasteiger partial charge >= 0.3 is 6.09 Å². The minimum atomic E-state index is -0.926. The zero-order valence-electron chi connectivity index (χ0n) is 11.3. The number of carbonyl (C=O) groups excluding carboxylic acids is 1. The van der Waals surface area contributed by atoms with Crippen LogP contribution in [0.4, 0.5) is 4.79 Å². The normalized spacial score (nSPS) is 10.4. The van der Waals surface area contributed by atoms with Gasteiger partial charge in [-0.3, -0.25) is 14.9 Å². The summed E-state index contributed by atoms with van der Waals surface area (Å²) in [5.74, 6) is 0.556. The molecule has 3 aromatic heterocycles. The van der Waals surface area contributed by atoms with Crippen LogP contribution in [0, 0.1) is 0 Å². The number of amides is 1. The highest BCUT2D eigenvalue weighted by atomic mass is 16.5. The van der Waals surface area contributed by atoms with E-state index < -0.39 is 6.09 Å². The van der Waals surface area contributed by atoms with Crippen LogP contribution in [0.25, 0.3) is 16.9 Å².